The van der Waals surface area contributed by atoms with Gasteiger partial charge in [-0.2, -0.15) is 0 Å². The van der Waals surface area contributed by atoms with Gasteiger partial charge in [-0.05, 0) is 52.6 Å². The SMILES string of the molecule is CCc1ccc(C(Br)c2sccc2I)s1. The van der Waals surface area contributed by atoms with Gasteiger partial charge in [-0.3, -0.25) is 0 Å². The van der Waals surface area contributed by atoms with E-state index in [1.165, 1.54) is 18.2 Å². The number of rotatable bonds is 3. The van der Waals surface area contributed by atoms with Gasteiger partial charge in [0.2, 0.25) is 0 Å². The maximum absolute atomic E-state index is 3.78. The van der Waals surface area contributed by atoms with Crippen LogP contribution in [-0.2, 0) is 6.42 Å². The maximum Gasteiger partial charge on any atom is 0.0841 e. The molecule has 0 fully saturated rings. The number of hydrogen-bond acceptors (Lipinski definition) is 2. The Bertz CT molecular complexity index is 447. The number of aryl methyl sites for hydroxylation is 1. The van der Waals surface area contributed by atoms with Crippen molar-refractivity contribution in [2.45, 2.75) is 18.2 Å². The van der Waals surface area contributed by atoms with E-state index in [2.05, 4.69) is 69.0 Å². The zero-order valence-corrected chi connectivity index (χ0v) is 13.5. The van der Waals surface area contributed by atoms with Gasteiger partial charge in [0.05, 0.1) is 4.83 Å². The predicted molar refractivity (Wildman–Crippen MR) is 81.5 cm³/mol. The fraction of sp³-hybridized carbons (Fsp3) is 0.273. The van der Waals surface area contributed by atoms with Crippen LogP contribution < -0.4 is 0 Å². The van der Waals surface area contributed by atoms with Crippen LogP contribution in [0, 0.1) is 3.57 Å². The molecule has 1 atom stereocenters. The topological polar surface area (TPSA) is 0 Å². The van der Waals surface area contributed by atoms with Crippen molar-refractivity contribution < 1.29 is 0 Å². The smallest absolute Gasteiger partial charge is 0.0841 e. The number of thiophene rings is 2. The molecular weight excluding hydrogens is 403 g/mol. The first kappa shape index (κ1) is 12.1. The highest BCUT2D eigenvalue weighted by molar-refractivity contribution is 14.1. The number of alkyl halides is 1. The molecule has 0 spiro atoms. The van der Waals surface area contributed by atoms with Crippen LogP contribution in [0.4, 0.5) is 0 Å². The fourth-order valence-corrected chi connectivity index (χ4v) is 5.68. The highest BCUT2D eigenvalue weighted by Crippen LogP contribution is 2.39. The molecule has 0 aliphatic rings. The van der Waals surface area contributed by atoms with E-state index in [0.717, 1.165) is 6.42 Å². The second-order valence-corrected chi connectivity index (χ2v) is 7.38. The molecule has 0 saturated carbocycles. The molecule has 0 aromatic carbocycles. The highest BCUT2D eigenvalue weighted by Gasteiger charge is 2.16. The summed E-state index contributed by atoms with van der Waals surface area (Å²) in [4.78, 5) is 4.66. The van der Waals surface area contributed by atoms with E-state index >= 15 is 0 Å². The average molecular weight is 413 g/mol. The molecule has 0 bridgehead atoms. The van der Waals surface area contributed by atoms with Gasteiger partial charge in [0.25, 0.3) is 0 Å². The van der Waals surface area contributed by atoms with Gasteiger partial charge < -0.3 is 0 Å². The van der Waals surface area contributed by atoms with Crippen LogP contribution in [0.3, 0.4) is 0 Å². The first-order valence-corrected chi connectivity index (χ1v) is 8.37. The van der Waals surface area contributed by atoms with E-state index in [-0.39, 0.29) is 0 Å². The third-order valence-electron chi connectivity index (χ3n) is 2.16. The predicted octanol–water partition coefficient (Wildman–Crippen LogP) is 5.46. The Morgan fingerprint density at radius 2 is 2.20 bits per heavy atom. The van der Waals surface area contributed by atoms with Crippen LogP contribution in [-0.4, -0.2) is 0 Å². The zero-order valence-electron chi connectivity index (χ0n) is 8.17. The molecule has 2 heterocycles. The monoisotopic (exact) mass is 412 g/mol. The third-order valence-corrected chi connectivity index (χ3v) is 7.30. The molecule has 0 N–H and O–H groups in total. The van der Waals surface area contributed by atoms with E-state index in [1.807, 2.05) is 22.7 Å². The molecule has 15 heavy (non-hydrogen) atoms. The van der Waals surface area contributed by atoms with E-state index in [9.17, 15) is 0 Å². The minimum absolute atomic E-state index is 0.370. The molecular formula is C11H10BrIS2. The molecule has 4 heteroatoms. The van der Waals surface area contributed by atoms with Crippen LogP contribution in [0.2, 0.25) is 0 Å². The molecule has 0 aliphatic carbocycles. The first-order valence-electron chi connectivity index (χ1n) is 4.68. The summed E-state index contributed by atoms with van der Waals surface area (Å²) in [5.41, 5.74) is 0. The Morgan fingerprint density at radius 1 is 1.40 bits per heavy atom. The van der Waals surface area contributed by atoms with E-state index in [0.29, 0.717) is 4.83 Å². The van der Waals surface area contributed by atoms with E-state index in [4.69, 9.17) is 0 Å². The molecule has 80 valence electrons. The molecule has 2 aromatic heterocycles. The summed E-state index contributed by atoms with van der Waals surface area (Å²) in [5, 5.41) is 2.15. The summed E-state index contributed by atoms with van der Waals surface area (Å²) in [5.74, 6) is 0. The lowest BCUT2D eigenvalue weighted by Gasteiger charge is -2.05. The molecule has 0 saturated heterocycles. The highest BCUT2D eigenvalue weighted by atomic mass is 127. The van der Waals surface area contributed by atoms with Gasteiger partial charge in [-0.25, -0.2) is 0 Å². The Balaban J connectivity index is 2.28. The van der Waals surface area contributed by atoms with Crippen molar-refractivity contribution in [1.29, 1.82) is 0 Å². The molecule has 2 rings (SSSR count). The molecule has 2 aromatic rings. The molecule has 0 amide bonds. The Morgan fingerprint density at radius 3 is 2.73 bits per heavy atom. The second kappa shape index (κ2) is 5.29. The van der Waals surface area contributed by atoms with Crippen molar-refractivity contribution in [3.63, 3.8) is 0 Å². The lowest BCUT2D eigenvalue weighted by molar-refractivity contribution is 1.19. The summed E-state index contributed by atoms with van der Waals surface area (Å²) in [6.07, 6.45) is 1.13. The first-order chi connectivity index (χ1) is 7.22. The van der Waals surface area contributed by atoms with Crippen molar-refractivity contribution >= 4 is 61.2 Å². The number of halogens is 2. The van der Waals surface area contributed by atoms with Crippen molar-refractivity contribution in [1.82, 2.24) is 0 Å². The molecule has 0 nitrogen and oxygen atoms in total. The van der Waals surface area contributed by atoms with Crippen LogP contribution >= 0.6 is 61.2 Å². The summed E-state index contributed by atoms with van der Waals surface area (Å²) < 4.78 is 1.35. The second-order valence-electron chi connectivity index (χ2n) is 3.15. The van der Waals surface area contributed by atoms with Crippen LogP contribution in [0.25, 0.3) is 0 Å². The summed E-state index contributed by atoms with van der Waals surface area (Å²) in [7, 11) is 0. The Labute approximate surface area is 120 Å². The van der Waals surface area contributed by atoms with E-state index < -0.39 is 0 Å². The largest absolute Gasteiger partial charge is 0.146 e. The van der Waals surface area contributed by atoms with Gasteiger partial charge in [0.15, 0.2) is 0 Å². The van der Waals surface area contributed by atoms with Gasteiger partial charge in [-0.15, -0.1) is 22.7 Å². The minimum Gasteiger partial charge on any atom is -0.146 e. The maximum atomic E-state index is 3.78. The lowest BCUT2D eigenvalue weighted by Crippen LogP contribution is -1.86. The molecule has 0 aliphatic heterocycles. The van der Waals surface area contributed by atoms with Crippen molar-refractivity contribution in [3.05, 3.63) is 41.8 Å². The van der Waals surface area contributed by atoms with Crippen molar-refractivity contribution in [3.8, 4) is 0 Å². The average Bonchev–Trinajstić information content (AvgIpc) is 2.84. The third kappa shape index (κ3) is 2.65. The summed E-state index contributed by atoms with van der Waals surface area (Å²) in [6, 6.07) is 6.64. The molecule has 0 radical (unpaired) electrons. The van der Waals surface area contributed by atoms with Gasteiger partial charge in [0, 0.05) is 18.2 Å². The quantitative estimate of drug-likeness (QED) is 0.463. The minimum atomic E-state index is 0.370. The summed E-state index contributed by atoms with van der Waals surface area (Å²) in [6.45, 7) is 2.20. The Hall–Kier alpha value is 0.610. The van der Waals surface area contributed by atoms with Crippen LogP contribution in [0.5, 0.6) is 0 Å². The fourth-order valence-electron chi connectivity index (χ4n) is 1.34. The van der Waals surface area contributed by atoms with Crippen molar-refractivity contribution in [2.24, 2.45) is 0 Å². The lowest BCUT2D eigenvalue weighted by atomic mass is 10.3. The van der Waals surface area contributed by atoms with Gasteiger partial charge in [-0.1, -0.05) is 22.9 Å². The molecule has 1 unspecified atom stereocenters. The van der Waals surface area contributed by atoms with Crippen LogP contribution in [0.15, 0.2) is 23.6 Å². The van der Waals surface area contributed by atoms with Gasteiger partial charge >= 0.3 is 0 Å². The Kier molecular flexibility index (Phi) is 4.26. The van der Waals surface area contributed by atoms with Crippen molar-refractivity contribution in [2.75, 3.05) is 0 Å². The summed E-state index contributed by atoms with van der Waals surface area (Å²) >= 11 is 9.91. The van der Waals surface area contributed by atoms with Crippen LogP contribution in [0.1, 0.15) is 26.4 Å². The number of hydrogen-bond donors (Lipinski definition) is 0. The van der Waals surface area contributed by atoms with Gasteiger partial charge in [0.1, 0.15) is 0 Å². The zero-order chi connectivity index (χ0) is 10.8. The van der Waals surface area contributed by atoms with E-state index in [1.54, 1.807) is 0 Å². The normalized spacial score (nSPS) is 13.0. The standard InChI is InChI=1S/C11H10BrIS2/c1-2-7-3-4-9(15-7)10(12)11-8(13)5-6-14-11/h3-6,10H,2H2,1H3.